The predicted octanol–water partition coefficient (Wildman–Crippen LogP) is 2.98. The number of nitrogens with one attached hydrogen (secondary N) is 1. The van der Waals surface area contributed by atoms with E-state index in [1.807, 2.05) is 36.4 Å². The standard InChI is InChI=1S/C29H35N3O6/c1-35-15-4-12-31-14-16-36-26-11-6-21(17-24(26)31)20-37-27-19-30-18-25(33)29(27)22-7-9-23(10-8-22)38-28-5-2-3-13-32(28)34/h2-3,5-11,13,17,25,27,29-30,33H,4,12,14-16,18-20H2,1H3. The normalized spacial score (nSPS) is 21.0. The molecule has 3 atom stereocenters. The monoisotopic (exact) mass is 521 g/mol. The second-order valence-corrected chi connectivity index (χ2v) is 9.62. The molecule has 1 aromatic heterocycles. The lowest BCUT2D eigenvalue weighted by atomic mass is 9.85. The van der Waals surface area contributed by atoms with Crippen LogP contribution in [-0.2, 0) is 16.1 Å². The van der Waals surface area contributed by atoms with Gasteiger partial charge in [-0.3, -0.25) is 0 Å². The van der Waals surface area contributed by atoms with Crippen LogP contribution in [0.3, 0.4) is 0 Å². The van der Waals surface area contributed by atoms with Crippen LogP contribution in [0, 0.1) is 5.21 Å². The van der Waals surface area contributed by atoms with Gasteiger partial charge in [0, 0.05) is 45.3 Å². The van der Waals surface area contributed by atoms with Gasteiger partial charge in [-0.2, -0.15) is 0 Å². The molecule has 1 fully saturated rings. The van der Waals surface area contributed by atoms with Gasteiger partial charge in [0.2, 0.25) is 0 Å². The van der Waals surface area contributed by atoms with Gasteiger partial charge < -0.3 is 39.5 Å². The average Bonchev–Trinajstić information content (AvgIpc) is 2.94. The zero-order chi connectivity index (χ0) is 26.3. The maximum atomic E-state index is 11.9. The van der Waals surface area contributed by atoms with Crippen LogP contribution in [0.5, 0.6) is 17.4 Å². The van der Waals surface area contributed by atoms with Crippen molar-refractivity contribution >= 4 is 5.69 Å². The minimum Gasteiger partial charge on any atom is -0.616 e. The fourth-order valence-corrected chi connectivity index (χ4v) is 5.09. The van der Waals surface area contributed by atoms with E-state index < -0.39 is 6.10 Å². The van der Waals surface area contributed by atoms with Gasteiger partial charge in [-0.05, 0) is 47.9 Å². The van der Waals surface area contributed by atoms with E-state index in [1.165, 1.54) is 6.20 Å². The number of fused-ring (bicyclic) bond motifs is 1. The van der Waals surface area contributed by atoms with Gasteiger partial charge in [0.05, 0.1) is 37.1 Å². The number of β-amino-alcohol motifs (C(OH)–C–C–N with tert-alkyl or cyclic N) is 1. The van der Waals surface area contributed by atoms with Gasteiger partial charge in [-0.1, -0.05) is 18.2 Å². The molecular weight excluding hydrogens is 486 g/mol. The van der Waals surface area contributed by atoms with Crippen molar-refractivity contribution in [2.24, 2.45) is 0 Å². The number of hydrogen-bond donors (Lipinski definition) is 2. The molecule has 38 heavy (non-hydrogen) atoms. The number of aromatic nitrogens is 1. The number of piperidine rings is 1. The molecule has 3 unspecified atom stereocenters. The quantitative estimate of drug-likeness (QED) is 0.239. The highest BCUT2D eigenvalue weighted by molar-refractivity contribution is 5.61. The Morgan fingerprint density at radius 3 is 2.82 bits per heavy atom. The van der Waals surface area contributed by atoms with E-state index in [9.17, 15) is 10.3 Å². The minimum absolute atomic E-state index is 0.196. The molecule has 202 valence electrons. The van der Waals surface area contributed by atoms with Gasteiger partial charge >= 0.3 is 5.88 Å². The Morgan fingerprint density at radius 1 is 1.13 bits per heavy atom. The molecule has 0 bridgehead atoms. The molecular formula is C29H35N3O6. The lowest BCUT2D eigenvalue weighted by Gasteiger charge is -2.36. The third-order valence-electron chi connectivity index (χ3n) is 7.01. The van der Waals surface area contributed by atoms with Crippen molar-refractivity contribution in [1.29, 1.82) is 0 Å². The maximum absolute atomic E-state index is 11.9. The van der Waals surface area contributed by atoms with Crippen LogP contribution in [0.15, 0.2) is 66.9 Å². The first-order chi connectivity index (χ1) is 18.6. The summed E-state index contributed by atoms with van der Waals surface area (Å²) in [6.07, 6.45) is 1.54. The summed E-state index contributed by atoms with van der Waals surface area (Å²) in [6, 6.07) is 18.7. The molecule has 0 amide bonds. The van der Waals surface area contributed by atoms with Crippen LogP contribution >= 0.6 is 0 Å². The molecule has 2 aliphatic rings. The van der Waals surface area contributed by atoms with Crippen LogP contribution in [0.25, 0.3) is 0 Å². The molecule has 0 spiro atoms. The molecule has 0 aliphatic carbocycles. The summed E-state index contributed by atoms with van der Waals surface area (Å²) in [4.78, 5) is 2.34. The minimum atomic E-state index is -0.591. The van der Waals surface area contributed by atoms with E-state index in [1.54, 1.807) is 25.3 Å². The van der Waals surface area contributed by atoms with Gasteiger partial charge in [-0.15, -0.1) is 4.73 Å². The molecule has 2 aliphatic heterocycles. The van der Waals surface area contributed by atoms with E-state index in [4.69, 9.17) is 18.9 Å². The Hall–Kier alpha value is -3.37. The first-order valence-corrected chi connectivity index (χ1v) is 13.1. The average molecular weight is 522 g/mol. The second kappa shape index (κ2) is 12.4. The molecule has 9 nitrogen and oxygen atoms in total. The maximum Gasteiger partial charge on any atom is 0.384 e. The number of pyridine rings is 1. The van der Waals surface area contributed by atoms with Crippen molar-refractivity contribution in [1.82, 2.24) is 5.32 Å². The molecule has 2 N–H and O–H groups in total. The summed E-state index contributed by atoms with van der Waals surface area (Å²) in [7, 11) is 1.72. The smallest absolute Gasteiger partial charge is 0.384 e. The predicted molar refractivity (Wildman–Crippen MR) is 143 cm³/mol. The third kappa shape index (κ3) is 6.19. The number of ether oxygens (including phenoxy) is 4. The van der Waals surface area contributed by atoms with E-state index in [-0.39, 0.29) is 17.9 Å². The number of anilines is 1. The molecule has 3 heterocycles. The Morgan fingerprint density at radius 2 is 2.00 bits per heavy atom. The van der Waals surface area contributed by atoms with Crippen molar-refractivity contribution in [3.63, 3.8) is 0 Å². The number of rotatable bonds is 10. The second-order valence-electron chi connectivity index (χ2n) is 9.62. The van der Waals surface area contributed by atoms with Crippen molar-refractivity contribution in [3.8, 4) is 17.4 Å². The van der Waals surface area contributed by atoms with Crippen molar-refractivity contribution in [2.45, 2.75) is 31.2 Å². The number of aliphatic hydroxyl groups excluding tert-OH is 1. The molecule has 1 saturated heterocycles. The van der Waals surface area contributed by atoms with Crippen molar-refractivity contribution in [2.75, 3.05) is 51.4 Å². The number of methoxy groups -OCH3 is 1. The molecule has 0 radical (unpaired) electrons. The van der Waals surface area contributed by atoms with Crippen LogP contribution in [0.1, 0.15) is 23.5 Å². The molecule has 3 aromatic rings. The molecule has 5 rings (SSSR count). The topological polar surface area (TPSA) is 99.4 Å². The van der Waals surface area contributed by atoms with Crippen molar-refractivity contribution in [3.05, 3.63) is 83.2 Å². The fraction of sp³-hybridized carbons (Fsp3) is 0.414. The van der Waals surface area contributed by atoms with Crippen LogP contribution in [-0.4, -0.2) is 63.8 Å². The molecule has 2 aromatic carbocycles. The summed E-state index contributed by atoms with van der Waals surface area (Å²) >= 11 is 0. The molecule has 0 saturated carbocycles. The van der Waals surface area contributed by atoms with E-state index >= 15 is 0 Å². The summed E-state index contributed by atoms with van der Waals surface area (Å²) in [5.74, 6) is 1.45. The van der Waals surface area contributed by atoms with E-state index in [2.05, 4.69) is 16.3 Å². The Bertz CT molecular complexity index is 1190. The Kier molecular flexibility index (Phi) is 8.60. The summed E-state index contributed by atoms with van der Waals surface area (Å²) in [5, 5.41) is 26.0. The first kappa shape index (κ1) is 26.2. The zero-order valence-corrected chi connectivity index (χ0v) is 21.6. The fourth-order valence-electron chi connectivity index (χ4n) is 5.09. The zero-order valence-electron chi connectivity index (χ0n) is 21.6. The van der Waals surface area contributed by atoms with Crippen LogP contribution in [0.2, 0.25) is 0 Å². The lowest BCUT2D eigenvalue weighted by Crippen LogP contribution is -2.49. The van der Waals surface area contributed by atoms with Crippen LogP contribution in [0.4, 0.5) is 5.69 Å². The number of aliphatic hydroxyl groups is 1. The SMILES string of the molecule is COCCCN1CCOc2ccc(COC3CNCC(O)C3c3ccc(Oc4cccc[n+]4[O-])cc3)cc21. The third-order valence-corrected chi connectivity index (χ3v) is 7.01. The van der Waals surface area contributed by atoms with Gasteiger partial charge in [0.25, 0.3) is 0 Å². The molecule has 9 heteroatoms. The summed E-state index contributed by atoms with van der Waals surface area (Å²) in [6.45, 7) is 4.72. The Labute approximate surface area is 223 Å². The highest BCUT2D eigenvalue weighted by Gasteiger charge is 2.34. The number of benzene rings is 2. The summed E-state index contributed by atoms with van der Waals surface area (Å²) < 4.78 is 23.9. The number of nitrogens with zero attached hydrogens (tertiary/aromatic N) is 2. The van der Waals surface area contributed by atoms with Gasteiger partial charge in [0.1, 0.15) is 18.1 Å². The van der Waals surface area contributed by atoms with Crippen LogP contribution < -0.4 is 24.4 Å². The highest BCUT2D eigenvalue weighted by atomic mass is 16.6. The largest absolute Gasteiger partial charge is 0.616 e. The van der Waals surface area contributed by atoms with E-state index in [0.29, 0.717) is 36.8 Å². The highest BCUT2D eigenvalue weighted by Crippen LogP contribution is 2.34. The van der Waals surface area contributed by atoms with Gasteiger partial charge in [0.15, 0.2) is 6.20 Å². The van der Waals surface area contributed by atoms with Crippen molar-refractivity contribution < 1.29 is 28.8 Å². The lowest BCUT2D eigenvalue weighted by molar-refractivity contribution is -0.611. The Balaban J connectivity index is 1.26. The van der Waals surface area contributed by atoms with Gasteiger partial charge in [-0.25, -0.2) is 0 Å². The summed E-state index contributed by atoms with van der Waals surface area (Å²) in [5.41, 5.74) is 3.10. The first-order valence-electron chi connectivity index (χ1n) is 13.1. The number of hydrogen-bond acceptors (Lipinski definition) is 8. The van der Waals surface area contributed by atoms with E-state index in [0.717, 1.165) is 48.7 Å².